The second-order valence-corrected chi connectivity index (χ2v) is 12.8. The third kappa shape index (κ3) is 5.60. The van der Waals surface area contributed by atoms with Crippen LogP contribution in [0.1, 0.15) is 71.6 Å². The number of ether oxygens (including phenoxy) is 3. The summed E-state index contributed by atoms with van der Waals surface area (Å²) in [6.07, 6.45) is 10.4. The second-order valence-electron chi connectivity index (χ2n) is 12.8. The van der Waals surface area contributed by atoms with E-state index in [0.29, 0.717) is 11.8 Å². The van der Waals surface area contributed by atoms with E-state index in [1.807, 2.05) is 16.9 Å². The predicted molar refractivity (Wildman–Crippen MR) is 155 cm³/mol. The van der Waals surface area contributed by atoms with Crippen molar-refractivity contribution in [2.24, 2.45) is 0 Å². The van der Waals surface area contributed by atoms with Gasteiger partial charge in [0.2, 0.25) is 0 Å². The topological polar surface area (TPSA) is 86.6 Å². The van der Waals surface area contributed by atoms with Crippen LogP contribution in [-0.4, -0.2) is 64.2 Å². The third-order valence-electron chi connectivity index (χ3n) is 8.33. The highest BCUT2D eigenvalue weighted by molar-refractivity contribution is 5.75. The first-order chi connectivity index (χ1) is 19.2. The number of fused-ring (bicyclic) bond motifs is 1. The van der Waals surface area contributed by atoms with Crippen molar-refractivity contribution in [3.05, 3.63) is 42.2 Å². The van der Waals surface area contributed by atoms with Gasteiger partial charge < -0.3 is 24.4 Å². The van der Waals surface area contributed by atoms with Crippen molar-refractivity contribution >= 4 is 5.82 Å². The summed E-state index contributed by atoms with van der Waals surface area (Å²) in [6, 6.07) is 8.83. The molecular weight excluding hydrogens is 504 g/mol. The van der Waals surface area contributed by atoms with Gasteiger partial charge in [-0.2, -0.15) is 5.10 Å². The van der Waals surface area contributed by atoms with Gasteiger partial charge >= 0.3 is 0 Å². The zero-order chi connectivity index (χ0) is 27.9. The molecule has 0 aliphatic carbocycles. The van der Waals surface area contributed by atoms with Gasteiger partial charge in [0.1, 0.15) is 12.0 Å². The lowest BCUT2D eigenvalue weighted by atomic mass is 9.79. The van der Waals surface area contributed by atoms with Gasteiger partial charge in [-0.1, -0.05) is 6.07 Å². The third-order valence-corrected chi connectivity index (χ3v) is 8.33. The first kappa shape index (κ1) is 27.2. The largest absolute Gasteiger partial charge is 0.467 e. The average molecular weight is 547 g/mol. The summed E-state index contributed by atoms with van der Waals surface area (Å²) < 4.78 is 19.1. The van der Waals surface area contributed by atoms with Gasteiger partial charge in [0.25, 0.3) is 0 Å². The maximum absolute atomic E-state index is 6.05. The molecule has 1 N–H and O–H groups in total. The van der Waals surface area contributed by atoms with Gasteiger partial charge in [-0.15, -0.1) is 10.2 Å². The van der Waals surface area contributed by atoms with Gasteiger partial charge in [0.15, 0.2) is 12.6 Å². The molecular formula is C31H42N6O3. The molecule has 9 heteroatoms. The minimum Gasteiger partial charge on any atom is -0.467 e. The maximum atomic E-state index is 6.05. The molecule has 3 aliphatic heterocycles. The highest BCUT2D eigenvalue weighted by atomic mass is 16.7. The Balaban J connectivity index is 1.27. The molecule has 0 amide bonds. The van der Waals surface area contributed by atoms with Crippen LogP contribution in [0.5, 0.6) is 5.75 Å². The Kier molecular flexibility index (Phi) is 7.31. The van der Waals surface area contributed by atoms with E-state index in [4.69, 9.17) is 24.4 Å². The van der Waals surface area contributed by atoms with Gasteiger partial charge in [-0.25, -0.2) is 4.68 Å². The summed E-state index contributed by atoms with van der Waals surface area (Å²) in [7, 11) is 1.63. The number of aromatic nitrogens is 4. The Hall–Kier alpha value is -3.01. The normalized spacial score (nSPS) is 22.3. The summed E-state index contributed by atoms with van der Waals surface area (Å²) in [6.45, 7) is 11.1. The number of hydrogen-bond acceptors (Lipinski definition) is 8. The molecule has 0 radical (unpaired) electrons. The van der Waals surface area contributed by atoms with Gasteiger partial charge in [-0.3, -0.25) is 0 Å². The zero-order valence-corrected chi connectivity index (χ0v) is 24.4. The summed E-state index contributed by atoms with van der Waals surface area (Å²) >= 11 is 0. The molecule has 40 heavy (non-hydrogen) atoms. The number of hydrogen-bond donors (Lipinski definition) is 1. The number of nitrogens with one attached hydrogen (secondary N) is 1. The van der Waals surface area contributed by atoms with Crippen molar-refractivity contribution in [3.63, 3.8) is 0 Å². The molecule has 0 bridgehead atoms. The molecule has 1 atom stereocenters. The monoisotopic (exact) mass is 546 g/mol. The molecule has 9 nitrogen and oxygen atoms in total. The van der Waals surface area contributed by atoms with E-state index in [1.165, 1.54) is 5.56 Å². The fraction of sp³-hybridized carbons (Fsp3) is 0.581. The number of nitrogens with zero attached hydrogens (tertiary/aromatic N) is 5. The predicted octanol–water partition coefficient (Wildman–Crippen LogP) is 5.36. The highest BCUT2D eigenvalue weighted by Gasteiger charge is 2.42. The molecule has 5 heterocycles. The van der Waals surface area contributed by atoms with Crippen molar-refractivity contribution in [2.75, 3.05) is 32.0 Å². The van der Waals surface area contributed by atoms with Crippen LogP contribution < -0.4 is 15.0 Å². The lowest BCUT2D eigenvalue weighted by molar-refractivity contribution is -0.0394. The molecule has 1 unspecified atom stereocenters. The molecule has 6 rings (SSSR count). The van der Waals surface area contributed by atoms with Crippen LogP contribution in [-0.2, 0) is 15.9 Å². The van der Waals surface area contributed by atoms with E-state index in [2.05, 4.69) is 67.4 Å². The van der Waals surface area contributed by atoms with Crippen LogP contribution >= 0.6 is 0 Å². The first-order valence-corrected chi connectivity index (χ1v) is 14.6. The summed E-state index contributed by atoms with van der Waals surface area (Å²) in [5.41, 5.74) is 5.17. The molecule has 0 spiro atoms. The smallest absolute Gasteiger partial charge is 0.188 e. The number of anilines is 1. The summed E-state index contributed by atoms with van der Waals surface area (Å²) in [5.74, 6) is 1.74. The van der Waals surface area contributed by atoms with Crippen molar-refractivity contribution in [1.29, 1.82) is 0 Å². The van der Waals surface area contributed by atoms with Crippen LogP contribution in [0, 0.1) is 0 Å². The van der Waals surface area contributed by atoms with Crippen molar-refractivity contribution in [3.8, 4) is 28.1 Å². The second kappa shape index (κ2) is 10.8. The SMILES string of the molecule is COCOc1cc(-c2cnn(C3CCCCO3)c2)ccc1-c1cc2c(nn1)N(C1CC(C)(C)NC(C)(C)C1)CC2. The highest BCUT2D eigenvalue weighted by Crippen LogP contribution is 2.39. The number of benzene rings is 1. The van der Waals surface area contributed by atoms with Gasteiger partial charge in [0.05, 0.1) is 11.9 Å². The van der Waals surface area contributed by atoms with Crippen molar-refractivity contribution < 1.29 is 14.2 Å². The standard InChI is InChI=1S/C31H42N6O3/c1-30(2)16-24(17-31(3,4)35-30)36-12-11-22-14-26(33-34-29(22)36)25-10-9-21(15-27(25)40-20-38-5)23-18-32-37(19-23)28-8-6-7-13-39-28/h9-10,14-15,18-19,24,28,35H,6-8,11-13,16-17,20H2,1-5H3. The van der Waals surface area contributed by atoms with Gasteiger partial charge in [0, 0.05) is 60.3 Å². The molecule has 2 fully saturated rings. The van der Waals surface area contributed by atoms with Crippen molar-refractivity contribution in [2.45, 2.75) is 89.6 Å². The van der Waals surface area contributed by atoms with E-state index >= 15 is 0 Å². The Morgan fingerprint density at radius 1 is 1.05 bits per heavy atom. The Labute approximate surface area is 237 Å². The number of methoxy groups -OCH3 is 1. The molecule has 3 aromatic rings. The number of rotatable bonds is 7. The number of piperidine rings is 1. The van der Waals surface area contributed by atoms with E-state index < -0.39 is 0 Å². The van der Waals surface area contributed by atoms with Crippen LogP contribution in [0.15, 0.2) is 36.7 Å². The van der Waals surface area contributed by atoms with Crippen molar-refractivity contribution in [1.82, 2.24) is 25.3 Å². The van der Waals surface area contributed by atoms with Crippen LogP contribution in [0.25, 0.3) is 22.4 Å². The summed E-state index contributed by atoms with van der Waals surface area (Å²) in [4.78, 5) is 2.48. The maximum Gasteiger partial charge on any atom is 0.188 e. The summed E-state index contributed by atoms with van der Waals surface area (Å²) in [5, 5.41) is 17.9. The van der Waals surface area contributed by atoms with Gasteiger partial charge in [-0.05, 0) is 90.0 Å². The average Bonchev–Trinajstić information content (AvgIpc) is 3.58. The molecule has 2 saturated heterocycles. The zero-order valence-electron chi connectivity index (χ0n) is 24.4. The molecule has 2 aromatic heterocycles. The fourth-order valence-electron chi connectivity index (χ4n) is 6.90. The molecule has 1 aromatic carbocycles. The van der Waals surface area contributed by atoms with E-state index in [9.17, 15) is 0 Å². The van der Waals surface area contributed by atoms with Crippen LogP contribution in [0.2, 0.25) is 0 Å². The van der Waals surface area contributed by atoms with E-state index in [-0.39, 0.29) is 24.1 Å². The first-order valence-electron chi connectivity index (χ1n) is 14.6. The molecule has 214 valence electrons. The Morgan fingerprint density at radius 3 is 2.62 bits per heavy atom. The Morgan fingerprint density at radius 2 is 1.88 bits per heavy atom. The quantitative estimate of drug-likeness (QED) is 0.397. The fourth-order valence-corrected chi connectivity index (χ4v) is 6.90. The molecule has 3 aliphatic rings. The Bertz CT molecular complexity index is 1330. The van der Waals surface area contributed by atoms with Crippen LogP contribution in [0.4, 0.5) is 5.82 Å². The van der Waals surface area contributed by atoms with E-state index in [1.54, 1.807) is 7.11 Å². The minimum atomic E-state index is 0.00857. The minimum absolute atomic E-state index is 0.00857. The van der Waals surface area contributed by atoms with E-state index in [0.717, 1.165) is 79.9 Å². The van der Waals surface area contributed by atoms with Crippen LogP contribution in [0.3, 0.4) is 0 Å². The molecule has 0 saturated carbocycles. The lowest BCUT2D eigenvalue weighted by Crippen LogP contribution is -2.62. The lowest BCUT2D eigenvalue weighted by Gasteiger charge is -2.49.